The van der Waals surface area contributed by atoms with Crippen LogP contribution in [0.25, 0.3) is 11.5 Å². The summed E-state index contributed by atoms with van der Waals surface area (Å²) in [5.41, 5.74) is 0.879. The van der Waals surface area contributed by atoms with Crippen molar-refractivity contribution in [3.63, 3.8) is 0 Å². The summed E-state index contributed by atoms with van der Waals surface area (Å²) in [7, 11) is 1.57. The summed E-state index contributed by atoms with van der Waals surface area (Å²) < 4.78 is 11.4. The number of hydrogen-bond donors (Lipinski definition) is 1. The van der Waals surface area contributed by atoms with Crippen molar-refractivity contribution in [2.45, 2.75) is 13.5 Å². The predicted octanol–water partition coefficient (Wildman–Crippen LogP) is 1.85. The molecule has 8 nitrogen and oxygen atoms in total. The molecule has 1 N–H and O–H groups in total. The summed E-state index contributed by atoms with van der Waals surface area (Å²) in [5, 5.41) is 6.44. The minimum atomic E-state index is -0.328. The van der Waals surface area contributed by atoms with Crippen molar-refractivity contribution >= 4 is 11.6 Å². The fraction of sp³-hybridized carbons (Fsp3) is 0.176. The van der Waals surface area contributed by atoms with E-state index in [0.29, 0.717) is 28.7 Å². The number of benzene rings is 1. The van der Waals surface area contributed by atoms with Gasteiger partial charge in [-0.3, -0.25) is 9.59 Å². The molecule has 0 aliphatic carbocycles. The molecule has 0 radical (unpaired) electrons. The quantitative estimate of drug-likeness (QED) is 0.761. The molecule has 0 fully saturated rings. The monoisotopic (exact) mass is 340 g/mol. The van der Waals surface area contributed by atoms with Gasteiger partial charge in [-0.1, -0.05) is 5.16 Å². The lowest BCUT2D eigenvalue weighted by Gasteiger charge is -2.08. The summed E-state index contributed by atoms with van der Waals surface area (Å²) in [6.07, 6.45) is 1.52. The zero-order valence-electron chi connectivity index (χ0n) is 13.7. The Labute approximate surface area is 143 Å². The average molecular weight is 340 g/mol. The SMILES string of the molecule is COc1ccc(NC(=O)Cn2cc(-c3nc(C)no3)ccc2=O)cc1. The van der Waals surface area contributed by atoms with Gasteiger partial charge in [0.25, 0.3) is 11.4 Å². The largest absolute Gasteiger partial charge is 0.497 e. The Morgan fingerprint density at radius 2 is 2.00 bits per heavy atom. The third kappa shape index (κ3) is 3.92. The summed E-state index contributed by atoms with van der Waals surface area (Å²) in [6, 6.07) is 9.84. The molecule has 25 heavy (non-hydrogen) atoms. The van der Waals surface area contributed by atoms with Crippen LogP contribution >= 0.6 is 0 Å². The van der Waals surface area contributed by atoms with E-state index in [9.17, 15) is 9.59 Å². The Morgan fingerprint density at radius 3 is 2.64 bits per heavy atom. The molecule has 0 saturated carbocycles. The van der Waals surface area contributed by atoms with Gasteiger partial charge in [0.2, 0.25) is 5.91 Å². The van der Waals surface area contributed by atoms with Gasteiger partial charge in [-0.25, -0.2) is 0 Å². The van der Waals surface area contributed by atoms with Gasteiger partial charge in [-0.05, 0) is 37.3 Å². The van der Waals surface area contributed by atoms with Crippen LogP contribution in [-0.4, -0.2) is 27.7 Å². The number of aryl methyl sites for hydroxylation is 1. The second kappa shape index (κ2) is 7.00. The highest BCUT2D eigenvalue weighted by molar-refractivity contribution is 5.90. The topological polar surface area (TPSA) is 99.2 Å². The number of rotatable bonds is 5. The third-order valence-electron chi connectivity index (χ3n) is 3.45. The lowest BCUT2D eigenvalue weighted by molar-refractivity contribution is -0.116. The first-order chi connectivity index (χ1) is 12.0. The lowest BCUT2D eigenvalue weighted by atomic mass is 10.2. The summed E-state index contributed by atoms with van der Waals surface area (Å²) in [5.74, 6) is 1.15. The Kier molecular flexibility index (Phi) is 4.60. The van der Waals surface area contributed by atoms with Crippen molar-refractivity contribution < 1.29 is 14.1 Å². The molecular weight excluding hydrogens is 324 g/mol. The van der Waals surface area contributed by atoms with Gasteiger partial charge < -0.3 is 19.1 Å². The van der Waals surface area contributed by atoms with E-state index in [-0.39, 0.29) is 18.0 Å². The normalized spacial score (nSPS) is 10.5. The van der Waals surface area contributed by atoms with Crippen LogP contribution < -0.4 is 15.6 Å². The molecule has 0 saturated heterocycles. The van der Waals surface area contributed by atoms with Crippen molar-refractivity contribution in [2.75, 3.05) is 12.4 Å². The maximum Gasteiger partial charge on any atom is 0.259 e. The molecule has 128 valence electrons. The van der Waals surface area contributed by atoms with Gasteiger partial charge in [0.1, 0.15) is 12.3 Å². The number of carbonyl (C=O) groups excluding carboxylic acids is 1. The Hall–Kier alpha value is -3.42. The Bertz CT molecular complexity index is 944. The second-order valence-corrected chi connectivity index (χ2v) is 5.31. The van der Waals surface area contributed by atoms with Crippen LogP contribution in [0.1, 0.15) is 5.82 Å². The number of carbonyl (C=O) groups is 1. The Balaban J connectivity index is 1.75. The van der Waals surface area contributed by atoms with E-state index in [1.807, 2.05) is 0 Å². The van der Waals surface area contributed by atoms with Crippen molar-refractivity contribution in [3.05, 3.63) is 58.8 Å². The second-order valence-electron chi connectivity index (χ2n) is 5.31. The lowest BCUT2D eigenvalue weighted by Crippen LogP contribution is -2.26. The van der Waals surface area contributed by atoms with Crippen LogP contribution in [0.4, 0.5) is 5.69 Å². The highest BCUT2D eigenvalue weighted by Gasteiger charge is 2.10. The zero-order chi connectivity index (χ0) is 17.8. The molecule has 0 unspecified atom stereocenters. The van der Waals surface area contributed by atoms with Crippen molar-refractivity contribution in [2.24, 2.45) is 0 Å². The van der Waals surface area contributed by atoms with E-state index in [2.05, 4.69) is 15.5 Å². The summed E-state index contributed by atoms with van der Waals surface area (Å²) in [4.78, 5) is 28.3. The van der Waals surface area contributed by atoms with Crippen molar-refractivity contribution in [3.8, 4) is 17.2 Å². The highest BCUT2D eigenvalue weighted by Crippen LogP contribution is 2.16. The van der Waals surface area contributed by atoms with E-state index in [0.717, 1.165) is 0 Å². The van der Waals surface area contributed by atoms with Gasteiger partial charge in [0.15, 0.2) is 5.82 Å². The molecule has 0 aliphatic rings. The molecule has 1 aromatic carbocycles. The number of hydrogen-bond acceptors (Lipinski definition) is 6. The number of pyridine rings is 1. The maximum atomic E-state index is 12.2. The minimum absolute atomic E-state index is 0.133. The number of aromatic nitrogens is 3. The van der Waals surface area contributed by atoms with E-state index in [4.69, 9.17) is 9.26 Å². The fourth-order valence-electron chi connectivity index (χ4n) is 2.23. The summed E-state index contributed by atoms with van der Waals surface area (Å²) in [6.45, 7) is 1.57. The number of nitrogens with one attached hydrogen (secondary N) is 1. The zero-order valence-corrected chi connectivity index (χ0v) is 13.7. The van der Waals surface area contributed by atoms with Crippen LogP contribution in [0.2, 0.25) is 0 Å². The molecule has 3 aromatic rings. The number of amides is 1. The van der Waals surface area contributed by atoms with Gasteiger partial charge in [0.05, 0.1) is 12.7 Å². The molecule has 0 spiro atoms. The van der Waals surface area contributed by atoms with E-state index < -0.39 is 0 Å². The van der Waals surface area contributed by atoms with Crippen LogP contribution in [0.15, 0.2) is 51.9 Å². The molecule has 1 amide bonds. The molecule has 8 heteroatoms. The smallest absolute Gasteiger partial charge is 0.259 e. The van der Waals surface area contributed by atoms with E-state index >= 15 is 0 Å². The molecule has 0 atom stereocenters. The van der Waals surface area contributed by atoms with Gasteiger partial charge in [-0.2, -0.15) is 4.98 Å². The maximum absolute atomic E-state index is 12.2. The average Bonchev–Trinajstić information content (AvgIpc) is 3.04. The molecule has 0 aliphatic heterocycles. The number of ether oxygens (including phenoxy) is 1. The van der Waals surface area contributed by atoms with Gasteiger partial charge >= 0.3 is 0 Å². The fourth-order valence-corrected chi connectivity index (χ4v) is 2.23. The standard InChI is InChI=1S/C17H16N4O4/c1-11-18-17(25-20-11)12-3-8-16(23)21(9-12)10-15(22)19-13-4-6-14(24-2)7-5-13/h3-9H,10H2,1-2H3,(H,19,22). The molecule has 3 rings (SSSR count). The molecule has 0 bridgehead atoms. The first-order valence-corrected chi connectivity index (χ1v) is 7.50. The van der Waals surface area contributed by atoms with Gasteiger partial charge in [-0.15, -0.1) is 0 Å². The molecule has 2 heterocycles. The van der Waals surface area contributed by atoms with Gasteiger partial charge in [0, 0.05) is 18.0 Å². The van der Waals surface area contributed by atoms with Crippen LogP contribution in [0.3, 0.4) is 0 Å². The first-order valence-electron chi connectivity index (χ1n) is 7.50. The highest BCUT2D eigenvalue weighted by atomic mass is 16.5. The molecule has 2 aromatic heterocycles. The Morgan fingerprint density at radius 1 is 1.24 bits per heavy atom. The van der Waals surface area contributed by atoms with Crippen molar-refractivity contribution in [1.82, 2.24) is 14.7 Å². The minimum Gasteiger partial charge on any atom is -0.497 e. The third-order valence-corrected chi connectivity index (χ3v) is 3.45. The van der Waals surface area contributed by atoms with Crippen LogP contribution in [-0.2, 0) is 11.3 Å². The number of methoxy groups -OCH3 is 1. The van der Waals surface area contributed by atoms with Crippen LogP contribution in [0, 0.1) is 6.92 Å². The van der Waals surface area contributed by atoms with Crippen LogP contribution in [0.5, 0.6) is 5.75 Å². The van der Waals surface area contributed by atoms with Crippen molar-refractivity contribution in [1.29, 1.82) is 0 Å². The summed E-state index contributed by atoms with van der Waals surface area (Å²) >= 11 is 0. The first kappa shape index (κ1) is 16.4. The number of nitrogens with zero attached hydrogens (tertiary/aromatic N) is 3. The molecular formula is C17H16N4O4. The predicted molar refractivity (Wildman–Crippen MR) is 90.4 cm³/mol. The van der Waals surface area contributed by atoms with E-state index in [1.165, 1.54) is 16.8 Å². The van der Waals surface area contributed by atoms with E-state index in [1.54, 1.807) is 44.4 Å². The number of anilines is 1.